The first kappa shape index (κ1) is 8.97. The second-order valence-corrected chi connectivity index (χ2v) is 1.78. The maximum absolute atomic E-state index is 9.99. The summed E-state index contributed by atoms with van der Waals surface area (Å²) in [4.78, 5) is 9.99. The number of aliphatic carboxylic acids is 1. The summed E-state index contributed by atoms with van der Waals surface area (Å²) in [5.41, 5.74) is 0. The molecule has 1 unspecified atom stereocenters. The molecule has 10 heavy (non-hydrogen) atoms. The van der Waals surface area contributed by atoms with Crippen LogP contribution in [0.1, 0.15) is 6.42 Å². The minimum atomic E-state index is -1.29. The lowest BCUT2D eigenvalue weighted by Crippen LogP contribution is -2.18. The summed E-state index contributed by atoms with van der Waals surface area (Å²) in [5.74, 6) is -1.19. The van der Waals surface area contributed by atoms with Gasteiger partial charge in [-0.15, -0.1) is 0 Å². The van der Waals surface area contributed by atoms with Gasteiger partial charge in [0.2, 0.25) is 0 Å². The Bertz CT molecular complexity index is 133. The molecule has 0 spiro atoms. The molecule has 4 heteroatoms. The van der Waals surface area contributed by atoms with Gasteiger partial charge in [0.1, 0.15) is 0 Å². The van der Waals surface area contributed by atoms with E-state index in [1.807, 2.05) is 0 Å². The third-order valence-corrected chi connectivity index (χ3v) is 0.929. The second-order valence-electron chi connectivity index (χ2n) is 1.78. The van der Waals surface area contributed by atoms with E-state index in [1.54, 1.807) is 19.3 Å². The number of carbonyl (C=O) groups is 1. The summed E-state index contributed by atoms with van der Waals surface area (Å²) in [6, 6.07) is 0. The van der Waals surface area contributed by atoms with Crippen molar-refractivity contribution < 1.29 is 15.0 Å². The highest BCUT2D eigenvalue weighted by molar-refractivity contribution is 5.72. The van der Waals surface area contributed by atoms with Crippen LogP contribution in [0.5, 0.6) is 0 Å². The van der Waals surface area contributed by atoms with E-state index in [0.717, 1.165) is 0 Å². The van der Waals surface area contributed by atoms with Crippen LogP contribution in [0.25, 0.3) is 0 Å². The Hall–Kier alpha value is -1.03. The summed E-state index contributed by atoms with van der Waals surface area (Å²) in [6.07, 6.45) is 1.98. The van der Waals surface area contributed by atoms with Gasteiger partial charge in [-0.05, 0) is 6.20 Å². The van der Waals surface area contributed by atoms with Crippen LogP contribution in [0.4, 0.5) is 0 Å². The van der Waals surface area contributed by atoms with Crippen molar-refractivity contribution in [3.05, 3.63) is 12.3 Å². The fourth-order valence-electron chi connectivity index (χ4n) is 0.416. The van der Waals surface area contributed by atoms with Crippen LogP contribution in [0.3, 0.4) is 0 Å². The lowest BCUT2D eigenvalue weighted by molar-refractivity contribution is -0.146. The summed E-state index contributed by atoms with van der Waals surface area (Å²) in [7, 11) is 1.70. The van der Waals surface area contributed by atoms with E-state index in [-0.39, 0.29) is 6.42 Å². The zero-order valence-electron chi connectivity index (χ0n) is 5.74. The lowest BCUT2D eigenvalue weighted by Gasteiger charge is -1.98. The zero-order valence-corrected chi connectivity index (χ0v) is 5.74. The molecule has 58 valence electrons. The van der Waals surface area contributed by atoms with Crippen LogP contribution in [0.2, 0.25) is 0 Å². The Morgan fingerprint density at radius 2 is 2.40 bits per heavy atom. The van der Waals surface area contributed by atoms with Gasteiger partial charge in [0.15, 0.2) is 6.10 Å². The predicted molar refractivity (Wildman–Crippen MR) is 36.5 cm³/mol. The van der Waals surface area contributed by atoms with Crippen molar-refractivity contribution in [3.63, 3.8) is 0 Å². The molecule has 4 nitrogen and oxygen atoms in total. The number of aliphatic hydroxyl groups is 1. The highest BCUT2D eigenvalue weighted by Gasteiger charge is 2.09. The normalized spacial score (nSPS) is 13.4. The van der Waals surface area contributed by atoms with Gasteiger partial charge in [-0.25, -0.2) is 4.79 Å². The molecule has 0 radical (unpaired) electrons. The van der Waals surface area contributed by atoms with E-state index in [4.69, 9.17) is 10.2 Å². The average molecular weight is 145 g/mol. The SMILES string of the molecule is CN/C=C\CC(O)C(=O)O. The molecule has 0 aliphatic carbocycles. The van der Waals surface area contributed by atoms with Gasteiger partial charge in [-0.2, -0.15) is 0 Å². The molecule has 0 aliphatic heterocycles. The van der Waals surface area contributed by atoms with Crippen LogP contribution in [0, 0.1) is 0 Å². The van der Waals surface area contributed by atoms with Gasteiger partial charge >= 0.3 is 5.97 Å². The second kappa shape index (κ2) is 4.81. The fraction of sp³-hybridized carbons (Fsp3) is 0.500. The van der Waals surface area contributed by atoms with Crippen LogP contribution in [-0.2, 0) is 4.79 Å². The average Bonchev–Trinajstić information content (AvgIpc) is 1.88. The van der Waals surface area contributed by atoms with Crippen molar-refractivity contribution >= 4 is 5.97 Å². The maximum atomic E-state index is 9.99. The number of nitrogens with one attached hydrogen (secondary N) is 1. The number of hydrogen-bond acceptors (Lipinski definition) is 3. The lowest BCUT2D eigenvalue weighted by atomic mass is 10.2. The predicted octanol–water partition coefficient (Wildman–Crippen LogP) is -0.445. The van der Waals surface area contributed by atoms with Gasteiger partial charge in [0.25, 0.3) is 0 Å². The number of aliphatic hydroxyl groups excluding tert-OH is 1. The third kappa shape index (κ3) is 3.91. The van der Waals surface area contributed by atoms with E-state index in [2.05, 4.69) is 5.32 Å². The first-order valence-corrected chi connectivity index (χ1v) is 2.91. The molecule has 0 aliphatic rings. The van der Waals surface area contributed by atoms with Gasteiger partial charge in [0.05, 0.1) is 0 Å². The molecular formula is C6H11NO3. The standard InChI is InChI=1S/C6H11NO3/c1-7-4-2-3-5(8)6(9)10/h2,4-5,7-8H,3H2,1H3,(H,9,10)/b4-2-. The van der Waals surface area contributed by atoms with E-state index >= 15 is 0 Å². The number of hydrogen-bond donors (Lipinski definition) is 3. The Morgan fingerprint density at radius 1 is 1.80 bits per heavy atom. The maximum Gasteiger partial charge on any atom is 0.332 e. The minimum Gasteiger partial charge on any atom is -0.479 e. The molecule has 0 rings (SSSR count). The molecule has 0 aromatic rings. The van der Waals surface area contributed by atoms with Crippen molar-refractivity contribution in [3.8, 4) is 0 Å². The highest BCUT2D eigenvalue weighted by Crippen LogP contribution is 1.91. The molecule has 0 aromatic carbocycles. The third-order valence-electron chi connectivity index (χ3n) is 0.929. The van der Waals surface area contributed by atoms with Crippen molar-refractivity contribution in [2.24, 2.45) is 0 Å². The summed E-state index contributed by atoms with van der Waals surface area (Å²) >= 11 is 0. The minimum absolute atomic E-state index is 0.135. The van der Waals surface area contributed by atoms with E-state index in [0.29, 0.717) is 0 Å². The molecule has 0 bridgehead atoms. The molecular weight excluding hydrogens is 134 g/mol. The Labute approximate surface area is 59.2 Å². The van der Waals surface area contributed by atoms with Crippen LogP contribution in [0.15, 0.2) is 12.3 Å². The number of rotatable bonds is 4. The van der Waals surface area contributed by atoms with E-state index in [9.17, 15) is 4.79 Å². The number of carboxylic acids is 1. The van der Waals surface area contributed by atoms with Gasteiger partial charge in [0, 0.05) is 13.5 Å². The monoisotopic (exact) mass is 145 g/mol. The summed E-state index contributed by atoms with van der Waals surface area (Å²) in [6.45, 7) is 0. The van der Waals surface area contributed by atoms with Gasteiger partial charge in [-0.1, -0.05) is 6.08 Å². The Balaban J connectivity index is 3.48. The Morgan fingerprint density at radius 3 is 2.80 bits per heavy atom. The van der Waals surface area contributed by atoms with Crippen molar-refractivity contribution in [1.29, 1.82) is 0 Å². The van der Waals surface area contributed by atoms with Gasteiger partial charge < -0.3 is 15.5 Å². The zero-order chi connectivity index (χ0) is 7.98. The summed E-state index contributed by atoms with van der Waals surface area (Å²) in [5, 5.41) is 19.5. The molecule has 0 amide bonds. The quantitative estimate of drug-likeness (QED) is 0.501. The van der Waals surface area contributed by atoms with Crippen LogP contribution >= 0.6 is 0 Å². The molecule has 1 atom stereocenters. The summed E-state index contributed by atoms with van der Waals surface area (Å²) < 4.78 is 0. The van der Waals surface area contributed by atoms with E-state index < -0.39 is 12.1 Å². The van der Waals surface area contributed by atoms with Crippen LogP contribution < -0.4 is 5.32 Å². The smallest absolute Gasteiger partial charge is 0.332 e. The topological polar surface area (TPSA) is 69.6 Å². The fourth-order valence-corrected chi connectivity index (χ4v) is 0.416. The van der Waals surface area contributed by atoms with Crippen LogP contribution in [-0.4, -0.2) is 29.3 Å². The van der Waals surface area contributed by atoms with Crippen molar-refractivity contribution in [2.45, 2.75) is 12.5 Å². The highest BCUT2D eigenvalue weighted by atomic mass is 16.4. The van der Waals surface area contributed by atoms with Crippen molar-refractivity contribution in [2.75, 3.05) is 7.05 Å². The van der Waals surface area contributed by atoms with Crippen molar-refractivity contribution in [1.82, 2.24) is 5.32 Å². The number of carboxylic acid groups (broad SMARTS) is 1. The van der Waals surface area contributed by atoms with Gasteiger partial charge in [-0.3, -0.25) is 0 Å². The first-order valence-electron chi connectivity index (χ1n) is 2.91. The largest absolute Gasteiger partial charge is 0.479 e. The van der Waals surface area contributed by atoms with E-state index in [1.165, 1.54) is 0 Å². The first-order chi connectivity index (χ1) is 4.68. The molecule has 3 N–H and O–H groups in total. The molecule has 0 saturated heterocycles. The molecule has 0 saturated carbocycles. The molecule has 0 aromatic heterocycles. The molecule has 0 fully saturated rings. The Kier molecular flexibility index (Phi) is 4.32. The molecule has 0 heterocycles.